The summed E-state index contributed by atoms with van der Waals surface area (Å²) in [5, 5.41) is 9.15. The van der Waals surface area contributed by atoms with Crippen LogP contribution in [0.15, 0.2) is 23.1 Å². The molecule has 1 fully saturated rings. The van der Waals surface area contributed by atoms with Crippen molar-refractivity contribution in [2.45, 2.75) is 32.0 Å². The highest BCUT2D eigenvalue weighted by molar-refractivity contribution is 5.33. The zero-order valence-electron chi connectivity index (χ0n) is 11.9. The number of aliphatic hydroxyl groups excluding tert-OH is 1. The quantitative estimate of drug-likeness (QED) is 0.788. The maximum Gasteiger partial charge on any atom is 0.250 e. The Bertz CT molecular complexity index is 489. The van der Waals surface area contributed by atoms with Crippen LogP contribution in [-0.4, -0.2) is 53.0 Å². The van der Waals surface area contributed by atoms with Gasteiger partial charge in [0.15, 0.2) is 0 Å². The van der Waals surface area contributed by atoms with Gasteiger partial charge >= 0.3 is 0 Å². The summed E-state index contributed by atoms with van der Waals surface area (Å²) in [6.45, 7) is 5.07. The van der Waals surface area contributed by atoms with Gasteiger partial charge in [-0.1, -0.05) is 0 Å². The molecule has 0 amide bonds. The summed E-state index contributed by atoms with van der Waals surface area (Å²) in [4.78, 5) is 14.0. The molecule has 20 heavy (non-hydrogen) atoms. The third-order valence-corrected chi connectivity index (χ3v) is 3.69. The summed E-state index contributed by atoms with van der Waals surface area (Å²) in [6.07, 6.45) is 2.45. The molecule has 0 saturated carbocycles. The van der Waals surface area contributed by atoms with Crippen LogP contribution in [0.5, 0.6) is 0 Å². The lowest BCUT2D eigenvalue weighted by Crippen LogP contribution is -2.49. The molecule has 0 spiro atoms. The van der Waals surface area contributed by atoms with Crippen LogP contribution in [0.4, 0.5) is 5.69 Å². The van der Waals surface area contributed by atoms with E-state index in [1.807, 2.05) is 0 Å². The van der Waals surface area contributed by atoms with Gasteiger partial charge in [0.25, 0.3) is 5.56 Å². The number of hydrogen-bond acceptors (Lipinski definition) is 5. The average Bonchev–Trinajstić information content (AvgIpc) is 2.44. The topological polar surface area (TPSA) is 80.7 Å². The van der Waals surface area contributed by atoms with Gasteiger partial charge in [0, 0.05) is 43.6 Å². The molecule has 6 nitrogen and oxygen atoms in total. The first-order valence-electron chi connectivity index (χ1n) is 7.02. The highest BCUT2D eigenvalue weighted by atomic mass is 16.5. The van der Waals surface area contributed by atoms with E-state index in [1.165, 1.54) is 6.07 Å². The predicted octanol–water partition coefficient (Wildman–Crippen LogP) is -0.0978. The predicted molar refractivity (Wildman–Crippen MR) is 77.6 cm³/mol. The van der Waals surface area contributed by atoms with Crippen LogP contribution in [0.25, 0.3) is 0 Å². The van der Waals surface area contributed by atoms with Crippen LogP contribution in [0.2, 0.25) is 0 Å². The van der Waals surface area contributed by atoms with Crippen molar-refractivity contribution in [1.29, 1.82) is 0 Å². The Hall–Kier alpha value is -1.37. The van der Waals surface area contributed by atoms with Gasteiger partial charge in [0.05, 0.1) is 19.3 Å². The van der Waals surface area contributed by atoms with Crippen molar-refractivity contribution in [1.82, 2.24) is 9.47 Å². The Morgan fingerprint density at radius 3 is 3.00 bits per heavy atom. The van der Waals surface area contributed by atoms with E-state index in [-0.39, 0.29) is 18.3 Å². The van der Waals surface area contributed by atoms with E-state index < -0.39 is 0 Å². The van der Waals surface area contributed by atoms with Crippen LogP contribution in [0.3, 0.4) is 0 Å². The molecular formula is C14H23N3O3. The number of nitrogens with zero attached hydrogens (tertiary/aromatic N) is 2. The van der Waals surface area contributed by atoms with Gasteiger partial charge < -0.3 is 20.1 Å². The third-order valence-electron chi connectivity index (χ3n) is 3.69. The Kier molecular flexibility index (Phi) is 5.17. The number of nitrogen functional groups attached to an aromatic ring is 1. The summed E-state index contributed by atoms with van der Waals surface area (Å²) in [5.41, 5.74) is 6.26. The molecule has 1 aromatic heterocycles. The molecule has 3 N–H and O–H groups in total. The first-order valence-corrected chi connectivity index (χ1v) is 7.02. The molecule has 0 aliphatic carbocycles. The molecule has 2 heterocycles. The number of pyridine rings is 1. The Labute approximate surface area is 118 Å². The summed E-state index contributed by atoms with van der Waals surface area (Å²) in [6, 6.07) is 3.46. The van der Waals surface area contributed by atoms with Crippen LogP contribution in [-0.2, 0) is 11.3 Å². The minimum absolute atomic E-state index is 0.0255. The first-order chi connectivity index (χ1) is 9.60. The lowest BCUT2D eigenvalue weighted by atomic mass is 10.2. The number of aliphatic hydroxyl groups is 1. The van der Waals surface area contributed by atoms with Gasteiger partial charge in [-0.3, -0.25) is 9.69 Å². The largest absolute Gasteiger partial charge is 0.398 e. The monoisotopic (exact) mass is 281 g/mol. The maximum absolute atomic E-state index is 11.7. The molecular weight excluding hydrogens is 258 g/mol. The standard InChI is InChI=1S/C14H23N3O3/c1-11-10-20-13(9-18)8-16(11)5-2-6-17-7-12(15)3-4-14(17)19/h3-4,7,11,13,18H,2,5-6,8-10,15H2,1H3. The van der Waals surface area contributed by atoms with Crippen LogP contribution >= 0.6 is 0 Å². The zero-order valence-corrected chi connectivity index (χ0v) is 11.9. The maximum atomic E-state index is 11.7. The zero-order chi connectivity index (χ0) is 14.5. The van der Waals surface area contributed by atoms with Crippen LogP contribution in [0, 0.1) is 0 Å². The molecule has 1 saturated heterocycles. The fourth-order valence-electron chi connectivity index (χ4n) is 2.47. The molecule has 2 atom stereocenters. The average molecular weight is 281 g/mol. The van der Waals surface area contributed by atoms with Crippen LogP contribution in [0.1, 0.15) is 13.3 Å². The summed E-state index contributed by atoms with van der Waals surface area (Å²) < 4.78 is 7.15. The van der Waals surface area contributed by atoms with Gasteiger partial charge in [-0.15, -0.1) is 0 Å². The lowest BCUT2D eigenvalue weighted by molar-refractivity contribution is -0.0780. The normalized spacial score (nSPS) is 23.9. The summed E-state index contributed by atoms with van der Waals surface area (Å²) in [5.74, 6) is 0. The number of aromatic nitrogens is 1. The molecule has 1 aliphatic heterocycles. The van der Waals surface area contributed by atoms with E-state index in [4.69, 9.17) is 15.6 Å². The number of anilines is 1. The highest BCUT2D eigenvalue weighted by Crippen LogP contribution is 2.12. The number of morpholine rings is 1. The highest BCUT2D eigenvalue weighted by Gasteiger charge is 2.24. The van der Waals surface area contributed by atoms with E-state index in [0.717, 1.165) is 19.5 Å². The van der Waals surface area contributed by atoms with E-state index in [2.05, 4.69) is 11.8 Å². The molecule has 0 bridgehead atoms. The van der Waals surface area contributed by atoms with E-state index >= 15 is 0 Å². The molecule has 0 aromatic carbocycles. The second-order valence-electron chi connectivity index (χ2n) is 5.33. The molecule has 0 radical (unpaired) electrons. The van der Waals surface area contributed by atoms with Gasteiger partial charge in [-0.2, -0.15) is 0 Å². The smallest absolute Gasteiger partial charge is 0.250 e. The van der Waals surface area contributed by atoms with Crippen molar-refractivity contribution in [2.75, 3.05) is 32.0 Å². The molecule has 1 aliphatic rings. The molecule has 2 unspecified atom stereocenters. The molecule has 1 aromatic rings. The number of aryl methyl sites for hydroxylation is 1. The molecule has 6 heteroatoms. The first kappa shape index (κ1) is 15.0. The van der Waals surface area contributed by atoms with E-state index in [0.29, 0.717) is 24.9 Å². The van der Waals surface area contributed by atoms with Crippen molar-refractivity contribution < 1.29 is 9.84 Å². The minimum atomic E-state index is -0.0960. The van der Waals surface area contributed by atoms with Gasteiger partial charge in [0.2, 0.25) is 0 Å². The van der Waals surface area contributed by atoms with Crippen molar-refractivity contribution >= 4 is 5.69 Å². The second-order valence-corrected chi connectivity index (χ2v) is 5.33. The number of rotatable bonds is 5. The van der Waals surface area contributed by atoms with Crippen molar-refractivity contribution in [3.63, 3.8) is 0 Å². The van der Waals surface area contributed by atoms with Gasteiger partial charge in [0.1, 0.15) is 0 Å². The summed E-state index contributed by atoms with van der Waals surface area (Å²) >= 11 is 0. The number of hydrogen-bond donors (Lipinski definition) is 2. The van der Waals surface area contributed by atoms with Gasteiger partial charge in [-0.05, 0) is 19.4 Å². The summed E-state index contributed by atoms with van der Waals surface area (Å²) in [7, 11) is 0. The third kappa shape index (κ3) is 3.82. The second kappa shape index (κ2) is 6.88. The lowest BCUT2D eigenvalue weighted by Gasteiger charge is -2.37. The van der Waals surface area contributed by atoms with Crippen molar-refractivity contribution in [2.24, 2.45) is 0 Å². The fraction of sp³-hybridized carbons (Fsp3) is 0.643. The number of nitrogens with two attached hydrogens (primary N) is 1. The van der Waals surface area contributed by atoms with E-state index in [1.54, 1.807) is 16.8 Å². The fourth-order valence-corrected chi connectivity index (χ4v) is 2.47. The van der Waals surface area contributed by atoms with Gasteiger partial charge in [-0.25, -0.2) is 0 Å². The molecule has 112 valence electrons. The van der Waals surface area contributed by atoms with Crippen molar-refractivity contribution in [3.8, 4) is 0 Å². The SMILES string of the molecule is CC1COC(CO)CN1CCCn1cc(N)ccc1=O. The van der Waals surface area contributed by atoms with Crippen LogP contribution < -0.4 is 11.3 Å². The van der Waals surface area contributed by atoms with Crippen molar-refractivity contribution in [3.05, 3.63) is 28.7 Å². The Morgan fingerprint density at radius 1 is 1.45 bits per heavy atom. The number of ether oxygens (including phenoxy) is 1. The van der Waals surface area contributed by atoms with E-state index in [9.17, 15) is 4.79 Å². The Balaban J connectivity index is 1.85. The minimum Gasteiger partial charge on any atom is -0.398 e. The Morgan fingerprint density at radius 2 is 2.25 bits per heavy atom. The molecule has 2 rings (SSSR count).